The Morgan fingerprint density at radius 1 is 0.921 bits per heavy atom. The Bertz CT molecular complexity index is 1070. The Kier molecular flexibility index (Phi) is 8.17. The molecule has 0 spiro atoms. The lowest BCUT2D eigenvalue weighted by molar-refractivity contribution is -0.143. The minimum absolute atomic E-state index is 0.123. The molecule has 0 bridgehead atoms. The van der Waals surface area contributed by atoms with Crippen molar-refractivity contribution in [1.29, 1.82) is 0 Å². The molecule has 4 aliphatic rings. The van der Waals surface area contributed by atoms with Crippen molar-refractivity contribution in [2.24, 2.45) is 11.8 Å². The van der Waals surface area contributed by atoms with Gasteiger partial charge in [0.2, 0.25) is 17.7 Å². The first-order chi connectivity index (χ1) is 18.3. The molecule has 8 nitrogen and oxygen atoms in total. The minimum atomic E-state index is -0.940. The van der Waals surface area contributed by atoms with Crippen LogP contribution in [0, 0.1) is 11.8 Å². The highest BCUT2D eigenvalue weighted by Crippen LogP contribution is 2.33. The van der Waals surface area contributed by atoms with E-state index >= 15 is 0 Å². The van der Waals surface area contributed by atoms with E-state index in [2.05, 4.69) is 29.5 Å². The number of amides is 4. The van der Waals surface area contributed by atoms with Crippen molar-refractivity contribution in [1.82, 2.24) is 15.1 Å². The number of hydrogen-bond donors (Lipinski definition) is 2. The molecule has 4 amide bonds. The van der Waals surface area contributed by atoms with Gasteiger partial charge in [0, 0.05) is 37.2 Å². The fourth-order valence-electron chi connectivity index (χ4n) is 6.97. The number of nitrogens with one attached hydrogen (secondary N) is 2. The zero-order valence-electron chi connectivity index (χ0n) is 22.8. The molecule has 1 aromatic carbocycles. The molecule has 1 unspecified atom stereocenters. The molecule has 2 saturated carbocycles. The molecule has 1 atom stereocenters. The predicted octanol–water partition coefficient (Wildman–Crippen LogP) is 3.89. The second-order valence-electron chi connectivity index (χ2n) is 12.1. The SMILES string of the molecule is CC1CCC(CN(C)C2CCC(Nc3cccc4c3C(=O)N(C3CCC(=O)NC3=O)C(=O)CC4)CC2)CC1. The van der Waals surface area contributed by atoms with Crippen LogP contribution in [0.15, 0.2) is 18.2 Å². The maximum Gasteiger partial charge on any atom is 0.263 e. The van der Waals surface area contributed by atoms with Crippen LogP contribution in [0.25, 0.3) is 0 Å². The van der Waals surface area contributed by atoms with E-state index in [-0.39, 0.29) is 37.1 Å². The Morgan fingerprint density at radius 2 is 1.66 bits per heavy atom. The van der Waals surface area contributed by atoms with Crippen LogP contribution < -0.4 is 10.6 Å². The van der Waals surface area contributed by atoms with Gasteiger partial charge in [0.15, 0.2) is 0 Å². The van der Waals surface area contributed by atoms with Gasteiger partial charge < -0.3 is 10.2 Å². The van der Waals surface area contributed by atoms with Crippen LogP contribution in [-0.4, -0.2) is 65.1 Å². The van der Waals surface area contributed by atoms with E-state index in [1.165, 1.54) is 32.2 Å². The van der Waals surface area contributed by atoms with E-state index in [0.717, 1.165) is 53.7 Å². The van der Waals surface area contributed by atoms with Crippen LogP contribution in [0.5, 0.6) is 0 Å². The van der Waals surface area contributed by atoms with E-state index in [1.807, 2.05) is 18.2 Å². The number of fused-ring (bicyclic) bond motifs is 1. The Morgan fingerprint density at radius 3 is 2.37 bits per heavy atom. The molecule has 1 saturated heterocycles. The number of carbonyl (C=O) groups excluding carboxylic acids is 4. The Hall–Kier alpha value is -2.74. The number of imide groups is 2. The number of piperidine rings is 1. The predicted molar refractivity (Wildman–Crippen MR) is 146 cm³/mol. The molecule has 8 heteroatoms. The molecule has 3 fully saturated rings. The third kappa shape index (κ3) is 5.80. The number of carbonyl (C=O) groups is 4. The van der Waals surface area contributed by atoms with Crippen molar-refractivity contribution < 1.29 is 19.2 Å². The molecule has 38 heavy (non-hydrogen) atoms. The molecule has 0 aromatic heterocycles. The van der Waals surface area contributed by atoms with Crippen LogP contribution in [0.4, 0.5) is 5.69 Å². The van der Waals surface area contributed by atoms with Crippen LogP contribution in [-0.2, 0) is 20.8 Å². The summed E-state index contributed by atoms with van der Waals surface area (Å²) in [7, 11) is 2.28. The second kappa shape index (κ2) is 11.6. The maximum absolute atomic E-state index is 13.8. The number of rotatable bonds is 6. The molecule has 0 radical (unpaired) electrons. The average molecular weight is 523 g/mol. The third-order valence-corrected chi connectivity index (χ3v) is 9.34. The van der Waals surface area contributed by atoms with E-state index in [4.69, 9.17) is 0 Å². The first kappa shape index (κ1) is 26.9. The molecule has 2 aliphatic carbocycles. The van der Waals surface area contributed by atoms with Gasteiger partial charge in [0.1, 0.15) is 6.04 Å². The highest BCUT2D eigenvalue weighted by atomic mass is 16.2. The van der Waals surface area contributed by atoms with E-state index in [1.54, 1.807) is 0 Å². The van der Waals surface area contributed by atoms with Crippen molar-refractivity contribution in [3.8, 4) is 0 Å². The summed E-state index contributed by atoms with van der Waals surface area (Å²) < 4.78 is 0. The van der Waals surface area contributed by atoms with Crippen molar-refractivity contribution in [3.63, 3.8) is 0 Å². The number of benzene rings is 1. The number of anilines is 1. The lowest BCUT2D eigenvalue weighted by atomic mass is 9.82. The largest absolute Gasteiger partial charge is 0.382 e. The lowest BCUT2D eigenvalue weighted by Crippen LogP contribution is -2.56. The van der Waals surface area contributed by atoms with Gasteiger partial charge in [-0.2, -0.15) is 0 Å². The standard InChI is InChI=1S/C30H42N4O4/c1-19-6-8-20(9-7-19)18-33(2)23-13-11-22(12-14-23)31-24-5-3-4-21-10-17-27(36)34(30(38)28(21)24)25-15-16-26(35)32-29(25)37/h3-5,19-20,22-23,25,31H,6-18H2,1-2H3,(H,32,35,37). The van der Waals surface area contributed by atoms with Crippen LogP contribution in [0.2, 0.25) is 0 Å². The molecule has 206 valence electrons. The summed E-state index contributed by atoms with van der Waals surface area (Å²) >= 11 is 0. The third-order valence-electron chi connectivity index (χ3n) is 9.34. The highest BCUT2D eigenvalue weighted by molar-refractivity contribution is 6.13. The first-order valence-electron chi connectivity index (χ1n) is 14.6. The summed E-state index contributed by atoms with van der Waals surface area (Å²) in [6, 6.07) is 5.67. The number of aryl methyl sites for hydroxylation is 1. The summed E-state index contributed by atoms with van der Waals surface area (Å²) in [4.78, 5) is 54.7. The molecule has 2 aliphatic heterocycles. The van der Waals surface area contributed by atoms with Gasteiger partial charge in [0.05, 0.1) is 5.56 Å². The maximum atomic E-state index is 13.8. The van der Waals surface area contributed by atoms with Crippen LogP contribution in [0.1, 0.15) is 93.5 Å². The van der Waals surface area contributed by atoms with Gasteiger partial charge in [-0.05, 0) is 81.9 Å². The lowest BCUT2D eigenvalue weighted by Gasteiger charge is -2.38. The summed E-state index contributed by atoms with van der Waals surface area (Å²) in [5.41, 5.74) is 2.07. The number of nitrogens with zero attached hydrogens (tertiary/aromatic N) is 2. The van der Waals surface area contributed by atoms with Gasteiger partial charge in [0.25, 0.3) is 5.91 Å². The number of hydrogen-bond acceptors (Lipinski definition) is 6. The zero-order chi connectivity index (χ0) is 26.8. The Labute approximate surface area is 225 Å². The van der Waals surface area contributed by atoms with Gasteiger partial charge in [-0.1, -0.05) is 31.9 Å². The van der Waals surface area contributed by atoms with Crippen molar-refractivity contribution in [2.75, 3.05) is 18.9 Å². The van der Waals surface area contributed by atoms with Gasteiger partial charge >= 0.3 is 0 Å². The van der Waals surface area contributed by atoms with E-state index in [0.29, 0.717) is 18.0 Å². The molecule has 5 rings (SSSR count). The zero-order valence-corrected chi connectivity index (χ0v) is 22.8. The normalized spacial score (nSPS) is 30.6. The average Bonchev–Trinajstić information content (AvgIpc) is 3.02. The molecule has 1 aromatic rings. The van der Waals surface area contributed by atoms with Crippen LogP contribution in [0.3, 0.4) is 0 Å². The molecule has 2 N–H and O–H groups in total. The van der Waals surface area contributed by atoms with Crippen molar-refractivity contribution in [3.05, 3.63) is 29.3 Å². The topological polar surface area (TPSA) is 98.8 Å². The second-order valence-corrected chi connectivity index (χ2v) is 12.1. The Balaban J connectivity index is 1.24. The first-order valence-corrected chi connectivity index (χ1v) is 14.6. The highest BCUT2D eigenvalue weighted by Gasteiger charge is 2.41. The van der Waals surface area contributed by atoms with Crippen LogP contribution >= 0.6 is 0 Å². The molecular weight excluding hydrogens is 480 g/mol. The van der Waals surface area contributed by atoms with E-state index in [9.17, 15) is 19.2 Å². The minimum Gasteiger partial charge on any atom is -0.382 e. The van der Waals surface area contributed by atoms with Gasteiger partial charge in [-0.25, -0.2) is 0 Å². The van der Waals surface area contributed by atoms with Gasteiger partial charge in [-0.3, -0.25) is 29.4 Å². The molecular formula is C30H42N4O4. The van der Waals surface area contributed by atoms with Crippen molar-refractivity contribution >= 4 is 29.3 Å². The fraction of sp³-hybridized carbons (Fsp3) is 0.667. The van der Waals surface area contributed by atoms with E-state index < -0.39 is 17.9 Å². The van der Waals surface area contributed by atoms with Gasteiger partial charge in [-0.15, -0.1) is 0 Å². The smallest absolute Gasteiger partial charge is 0.263 e. The summed E-state index contributed by atoms with van der Waals surface area (Å²) in [6.07, 6.45) is 10.7. The summed E-state index contributed by atoms with van der Waals surface area (Å²) in [5.74, 6) is -0.0154. The fourth-order valence-corrected chi connectivity index (χ4v) is 6.97. The summed E-state index contributed by atoms with van der Waals surface area (Å²) in [6.45, 7) is 3.57. The molecule has 2 heterocycles. The monoisotopic (exact) mass is 522 g/mol. The summed E-state index contributed by atoms with van der Waals surface area (Å²) in [5, 5.41) is 5.93. The quantitative estimate of drug-likeness (QED) is 0.550. The van der Waals surface area contributed by atoms with Crippen molar-refractivity contribution in [2.45, 2.75) is 102 Å².